The summed E-state index contributed by atoms with van der Waals surface area (Å²) >= 11 is 0. The van der Waals surface area contributed by atoms with Crippen molar-refractivity contribution < 1.29 is 9.21 Å². The summed E-state index contributed by atoms with van der Waals surface area (Å²) in [7, 11) is 2.07. The number of rotatable bonds is 3. The predicted molar refractivity (Wildman–Crippen MR) is 93.5 cm³/mol. The molecule has 7 nitrogen and oxygen atoms in total. The Kier molecular flexibility index (Phi) is 4.01. The molecule has 0 spiro atoms. The van der Waals surface area contributed by atoms with E-state index >= 15 is 0 Å². The number of aromatic nitrogens is 3. The number of furan rings is 1. The Morgan fingerprint density at radius 3 is 2.72 bits per heavy atom. The summed E-state index contributed by atoms with van der Waals surface area (Å²) in [6.45, 7) is 5.31. The first kappa shape index (κ1) is 15.8. The van der Waals surface area contributed by atoms with Crippen LogP contribution >= 0.6 is 0 Å². The van der Waals surface area contributed by atoms with Gasteiger partial charge in [0.15, 0.2) is 11.4 Å². The number of likely N-dealkylation sites (N-methyl/N-ethyl adjacent to an activating group) is 1. The molecular formula is C18H21N5O2. The average molecular weight is 339 g/mol. The maximum Gasteiger partial charge on any atom is 0.272 e. The average Bonchev–Trinajstić information content (AvgIpc) is 3.30. The minimum absolute atomic E-state index is 0.00829. The van der Waals surface area contributed by atoms with E-state index in [0.29, 0.717) is 17.1 Å². The minimum atomic E-state index is -0.00829. The Morgan fingerprint density at radius 1 is 1.24 bits per heavy atom. The van der Waals surface area contributed by atoms with Crippen LogP contribution in [-0.2, 0) is 6.42 Å². The van der Waals surface area contributed by atoms with Gasteiger partial charge in [-0.1, -0.05) is 6.92 Å². The first-order valence-corrected chi connectivity index (χ1v) is 8.57. The fraction of sp³-hybridized carbons (Fsp3) is 0.389. The van der Waals surface area contributed by atoms with Crippen molar-refractivity contribution in [1.29, 1.82) is 0 Å². The number of hydrogen-bond donors (Lipinski definition) is 0. The minimum Gasteiger partial charge on any atom is -0.463 e. The quantitative estimate of drug-likeness (QED) is 0.729. The zero-order chi connectivity index (χ0) is 17.4. The van der Waals surface area contributed by atoms with E-state index < -0.39 is 0 Å². The number of aryl methyl sites for hydroxylation is 1. The molecule has 0 atom stereocenters. The van der Waals surface area contributed by atoms with E-state index in [1.54, 1.807) is 10.8 Å². The lowest BCUT2D eigenvalue weighted by Gasteiger charge is -2.32. The van der Waals surface area contributed by atoms with Crippen molar-refractivity contribution in [2.45, 2.75) is 13.3 Å². The molecule has 1 saturated heterocycles. The third-order valence-corrected chi connectivity index (χ3v) is 4.65. The van der Waals surface area contributed by atoms with Crippen LogP contribution in [0.1, 0.15) is 23.1 Å². The molecule has 1 aliphatic rings. The highest BCUT2D eigenvalue weighted by Crippen LogP contribution is 2.21. The highest BCUT2D eigenvalue weighted by Gasteiger charge is 2.23. The number of nitrogens with zero attached hydrogens (tertiary/aromatic N) is 5. The largest absolute Gasteiger partial charge is 0.463 e. The van der Waals surface area contributed by atoms with Crippen molar-refractivity contribution in [2.75, 3.05) is 33.2 Å². The first-order valence-electron chi connectivity index (χ1n) is 8.57. The predicted octanol–water partition coefficient (Wildman–Crippen LogP) is 1.94. The molecule has 0 radical (unpaired) electrons. The molecule has 0 bridgehead atoms. The molecule has 25 heavy (non-hydrogen) atoms. The molecule has 1 amide bonds. The Labute approximate surface area is 145 Å². The van der Waals surface area contributed by atoms with E-state index in [9.17, 15) is 4.79 Å². The van der Waals surface area contributed by atoms with Crippen LogP contribution in [0.3, 0.4) is 0 Å². The molecule has 1 aliphatic heterocycles. The lowest BCUT2D eigenvalue weighted by Crippen LogP contribution is -2.47. The van der Waals surface area contributed by atoms with Gasteiger partial charge in [-0.25, -0.2) is 9.50 Å². The lowest BCUT2D eigenvalue weighted by atomic mass is 10.2. The molecule has 4 heterocycles. The number of carbonyl (C=O) groups excluding carboxylic acids is 1. The number of fused-ring (bicyclic) bond motifs is 1. The van der Waals surface area contributed by atoms with Gasteiger partial charge in [0.2, 0.25) is 0 Å². The van der Waals surface area contributed by atoms with E-state index in [4.69, 9.17) is 4.42 Å². The van der Waals surface area contributed by atoms with Gasteiger partial charge in [0, 0.05) is 37.9 Å². The van der Waals surface area contributed by atoms with E-state index in [1.165, 1.54) is 0 Å². The number of amides is 1. The molecule has 3 aromatic heterocycles. The molecule has 0 aliphatic carbocycles. The molecule has 0 aromatic carbocycles. The summed E-state index contributed by atoms with van der Waals surface area (Å²) in [6, 6.07) is 7.41. The fourth-order valence-corrected chi connectivity index (χ4v) is 3.11. The second-order valence-corrected chi connectivity index (χ2v) is 6.36. The summed E-state index contributed by atoms with van der Waals surface area (Å²) in [5, 5.41) is 4.58. The lowest BCUT2D eigenvalue weighted by molar-refractivity contribution is 0.0658. The number of piperazine rings is 1. The van der Waals surface area contributed by atoms with Crippen LogP contribution < -0.4 is 0 Å². The van der Waals surface area contributed by atoms with E-state index in [0.717, 1.165) is 44.0 Å². The van der Waals surface area contributed by atoms with E-state index in [1.807, 2.05) is 36.1 Å². The van der Waals surface area contributed by atoms with Crippen LogP contribution in [0.15, 0.2) is 34.9 Å². The van der Waals surface area contributed by atoms with E-state index in [2.05, 4.69) is 22.0 Å². The second kappa shape index (κ2) is 6.33. The van der Waals surface area contributed by atoms with E-state index in [-0.39, 0.29) is 5.91 Å². The molecule has 0 saturated carbocycles. The van der Waals surface area contributed by atoms with Crippen LogP contribution in [0, 0.1) is 0 Å². The summed E-state index contributed by atoms with van der Waals surface area (Å²) in [4.78, 5) is 21.5. The summed E-state index contributed by atoms with van der Waals surface area (Å²) in [5.41, 5.74) is 2.83. The van der Waals surface area contributed by atoms with Crippen molar-refractivity contribution in [3.63, 3.8) is 0 Å². The molecule has 130 valence electrons. The van der Waals surface area contributed by atoms with Crippen molar-refractivity contribution in [3.8, 4) is 11.5 Å². The van der Waals surface area contributed by atoms with Crippen LogP contribution in [-0.4, -0.2) is 63.5 Å². The topological polar surface area (TPSA) is 66.9 Å². The van der Waals surface area contributed by atoms with Crippen molar-refractivity contribution in [2.24, 2.45) is 0 Å². The normalized spacial score (nSPS) is 15.8. The molecule has 0 unspecified atom stereocenters. The molecule has 0 N–H and O–H groups in total. The number of hydrogen-bond acceptors (Lipinski definition) is 5. The van der Waals surface area contributed by atoms with Crippen LogP contribution in [0.2, 0.25) is 0 Å². The summed E-state index contributed by atoms with van der Waals surface area (Å²) < 4.78 is 7.21. The van der Waals surface area contributed by atoms with Gasteiger partial charge in [0.05, 0.1) is 6.26 Å². The monoisotopic (exact) mass is 339 g/mol. The Balaban J connectivity index is 1.71. The molecule has 1 fully saturated rings. The maximum absolute atomic E-state index is 12.9. The summed E-state index contributed by atoms with van der Waals surface area (Å²) in [5.74, 6) is 0.686. The third-order valence-electron chi connectivity index (χ3n) is 4.65. The van der Waals surface area contributed by atoms with Crippen LogP contribution in [0.5, 0.6) is 0 Å². The van der Waals surface area contributed by atoms with Gasteiger partial charge in [-0.15, -0.1) is 0 Å². The number of carbonyl (C=O) groups is 1. The smallest absolute Gasteiger partial charge is 0.272 e. The zero-order valence-corrected chi connectivity index (χ0v) is 14.5. The third kappa shape index (κ3) is 2.91. The van der Waals surface area contributed by atoms with Gasteiger partial charge in [-0.05, 0) is 31.7 Å². The Hall–Kier alpha value is -2.67. The van der Waals surface area contributed by atoms with Gasteiger partial charge >= 0.3 is 0 Å². The highest BCUT2D eigenvalue weighted by molar-refractivity contribution is 5.93. The van der Waals surface area contributed by atoms with Crippen molar-refractivity contribution in [1.82, 2.24) is 24.4 Å². The van der Waals surface area contributed by atoms with Crippen molar-refractivity contribution >= 4 is 11.6 Å². The Morgan fingerprint density at radius 2 is 2.04 bits per heavy atom. The van der Waals surface area contributed by atoms with Gasteiger partial charge in [-0.2, -0.15) is 5.10 Å². The van der Waals surface area contributed by atoms with Gasteiger partial charge in [-0.3, -0.25) is 4.79 Å². The Bertz CT molecular complexity index is 892. The maximum atomic E-state index is 12.9. The van der Waals surface area contributed by atoms with Gasteiger partial charge < -0.3 is 14.2 Å². The summed E-state index contributed by atoms with van der Waals surface area (Å²) in [6.07, 6.45) is 2.39. The van der Waals surface area contributed by atoms with Crippen molar-refractivity contribution in [3.05, 3.63) is 41.9 Å². The fourth-order valence-electron chi connectivity index (χ4n) is 3.11. The van der Waals surface area contributed by atoms with Gasteiger partial charge in [0.25, 0.3) is 5.91 Å². The van der Waals surface area contributed by atoms with Gasteiger partial charge in [0.1, 0.15) is 11.4 Å². The standard InChI is InChI=1S/C18H21N5O2/c1-3-13-11-15(18(24)22-8-6-21(2)7-9-22)19-17-12-14(20-23(13)17)16-5-4-10-25-16/h4-5,10-12H,3,6-9H2,1-2H3. The zero-order valence-electron chi connectivity index (χ0n) is 14.5. The highest BCUT2D eigenvalue weighted by atomic mass is 16.3. The molecule has 4 rings (SSSR count). The first-order chi connectivity index (χ1) is 12.2. The molecule has 7 heteroatoms. The second-order valence-electron chi connectivity index (χ2n) is 6.36. The van der Waals surface area contributed by atoms with Crippen LogP contribution in [0.4, 0.5) is 0 Å². The molecule has 3 aromatic rings. The molecular weight excluding hydrogens is 318 g/mol. The SMILES string of the molecule is CCc1cc(C(=O)N2CCN(C)CC2)nc2cc(-c3ccco3)nn12. The van der Waals surface area contributed by atoms with Crippen LogP contribution in [0.25, 0.3) is 17.1 Å².